The molecule has 1 heterocycles. The summed E-state index contributed by atoms with van der Waals surface area (Å²) in [6.07, 6.45) is 1.68. The van der Waals surface area contributed by atoms with Gasteiger partial charge in [-0.1, -0.05) is 0 Å². The Morgan fingerprint density at radius 3 is 2.67 bits per heavy atom. The molecule has 1 aliphatic heterocycles. The van der Waals surface area contributed by atoms with Crippen LogP contribution >= 0.6 is 0 Å². The van der Waals surface area contributed by atoms with E-state index in [-0.39, 0.29) is 29.6 Å². The molecule has 114 valence electrons. The maximum atomic E-state index is 12.8. The first-order valence-electron chi connectivity index (χ1n) is 7.17. The number of rotatable bonds is 4. The summed E-state index contributed by atoms with van der Waals surface area (Å²) in [4.78, 5) is 24.6. The van der Waals surface area contributed by atoms with E-state index in [0.717, 1.165) is 24.3 Å². The molecule has 1 saturated heterocycles. The second-order valence-corrected chi connectivity index (χ2v) is 5.57. The summed E-state index contributed by atoms with van der Waals surface area (Å²) < 4.78 is 12.8. The van der Waals surface area contributed by atoms with Crippen molar-refractivity contribution >= 4 is 17.5 Å². The van der Waals surface area contributed by atoms with Crippen LogP contribution in [0.5, 0.6) is 0 Å². The molecule has 0 radical (unpaired) electrons. The fraction of sp³-hybridized carbons (Fsp3) is 0.467. The van der Waals surface area contributed by atoms with E-state index in [9.17, 15) is 14.0 Å². The predicted molar refractivity (Wildman–Crippen MR) is 77.1 cm³/mol. The van der Waals surface area contributed by atoms with E-state index in [1.54, 1.807) is 0 Å². The van der Waals surface area contributed by atoms with E-state index in [0.29, 0.717) is 12.2 Å². The summed E-state index contributed by atoms with van der Waals surface area (Å²) in [5, 5.41) is 2.77. The zero-order valence-corrected chi connectivity index (χ0v) is 12.1. The lowest BCUT2D eigenvalue weighted by molar-refractivity contribution is -0.921. The summed E-state index contributed by atoms with van der Waals surface area (Å²) >= 11 is 0. The molecule has 2 rings (SSSR count). The number of carbonyl (C=O) groups is 2. The zero-order chi connectivity index (χ0) is 15.4. The number of halogens is 1. The third-order valence-corrected chi connectivity index (χ3v) is 4.08. The topological polar surface area (TPSA) is 76.6 Å². The second-order valence-electron chi connectivity index (χ2n) is 5.57. The molecule has 1 unspecified atom stereocenters. The van der Waals surface area contributed by atoms with Crippen LogP contribution in [0.2, 0.25) is 0 Å². The monoisotopic (exact) mass is 294 g/mol. The van der Waals surface area contributed by atoms with Gasteiger partial charge in [-0.05, 0) is 44.0 Å². The summed E-state index contributed by atoms with van der Waals surface area (Å²) in [5.41, 5.74) is 5.92. The largest absolute Gasteiger partial charge is 0.369 e. The number of nitrogens with one attached hydrogen (secondary N) is 2. The molecule has 2 amide bonds. The third-order valence-electron chi connectivity index (χ3n) is 4.08. The minimum atomic E-state index is -0.341. The van der Waals surface area contributed by atoms with Crippen molar-refractivity contribution in [3.8, 4) is 0 Å². The maximum Gasteiger partial charge on any atom is 0.282 e. The third kappa shape index (κ3) is 4.01. The first-order valence-corrected chi connectivity index (χ1v) is 7.17. The summed E-state index contributed by atoms with van der Waals surface area (Å²) in [6, 6.07) is 5.38. The maximum absolute atomic E-state index is 12.8. The molecular formula is C15H21FN3O2+. The highest BCUT2D eigenvalue weighted by atomic mass is 19.1. The molecule has 6 heteroatoms. The molecule has 4 N–H and O–H groups in total. The Morgan fingerprint density at radius 1 is 1.38 bits per heavy atom. The molecule has 5 nitrogen and oxygen atoms in total. The normalized spacial score (nSPS) is 23.3. The standard InChI is InChI=1S/C15H20FN3O2/c1-10(19-8-2-3-11(9-19)14(17)20)15(21)18-13-6-4-12(16)5-7-13/h4-7,10-11H,2-3,8-9H2,1H3,(H2,17,20)(H,18,21)/p+1/t10-,11-/m0/s1. The number of benzene rings is 1. The highest BCUT2D eigenvalue weighted by Crippen LogP contribution is 2.09. The van der Waals surface area contributed by atoms with Gasteiger partial charge in [-0.15, -0.1) is 0 Å². The second kappa shape index (κ2) is 6.67. The first kappa shape index (κ1) is 15.4. The fourth-order valence-corrected chi connectivity index (χ4v) is 2.70. The molecule has 1 fully saturated rings. The van der Waals surface area contributed by atoms with E-state index in [4.69, 9.17) is 5.73 Å². The number of piperidine rings is 1. The fourth-order valence-electron chi connectivity index (χ4n) is 2.70. The van der Waals surface area contributed by atoms with Gasteiger partial charge >= 0.3 is 0 Å². The number of nitrogens with two attached hydrogens (primary N) is 1. The van der Waals surface area contributed by atoms with Crippen molar-refractivity contribution in [2.45, 2.75) is 25.8 Å². The van der Waals surface area contributed by atoms with Gasteiger partial charge < -0.3 is 16.0 Å². The summed E-state index contributed by atoms with van der Waals surface area (Å²) in [5.74, 6) is -0.929. The van der Waals surface area contributed by atoms with Gasteiger partial charge in [0.25, 0.3) is 5.91 Å². The lowest BCUT2D eigenvalue weighted by atomic mass is 9.96. The van der Waals surface area contributed by atoms with E-state index in [2.05, 4.69) is 5.32 Å². The molecule has 0 aliphatic carbocycles. The van der Waals surface area contributed by atoms with Crippen LogP contribution in [0.15, 0.2) is 24.3 Å². The SMILES string of the molecule is C[C@@H](C(=O)Nc1ccc(F)cc1)[NH+]1CCC[C@H](C(N)=O)C1. The molecule has 1 aromatic carbocycles. The van der Waals surface area contributed by atoms with Crippen molar-refractivity contribution in [1.82, 2.24) is 0 Å². The van der Waals surface area contributed by atoms with Gasteiger partial charge in [0.05, 0.1) is 19.0 Å². The van der Waals surface area contributed by atoms with Crippen LogP contribution in [-0.4, -0.2) is 30.9 Å². The average molecular weight is 294 g/mol. The molecule has 0 spiro atoms. The van der Waals surface area contributed by atoms with Crippen LogP contribution < -0.4 is 16.0 Å². The lowest BCUT2D eigenvalue weighted by Gasteiger charge is -2.31. The van der Waals surface area contributed by atoms with Crippen molar-refractivity contribution < 1.29 is 18.9 Å². The minimum Gasteiger partial charge on any atom is -0.369 e. The molecular weight excluding hydrogens is 273 g/mol. The lowest BCUT2D eigenvalue weighted by Crippen LogP contribution is -3.18. The Hall–Kier alpha value is -1.95. The molecule has 0 bridgehead atoms. The van der Waals surface area contributed by atoms with Crippen molar-refractivity contribution in [3.05, 3.63) is 30.1 Å². The highest BCUT2D eigenvalue weighted by Gasteiger charge is 2.33. The number of carbonyl (C=O) groups excluding carboxylic acids is 2. The van der Waals surface area contributed by atoms with Crippen LogP contribution in [0.1, 0.15) is 19.8 Å². The van der Waals surface area contributed by atoms with Gasteiger partial charge in [0.1, 0.15) is 5.82 Å². The van der Waals surface area contributed by atoms with Crippen LogP contribution in [0.25, 0.3) is 0 Å². The van der Waals surface area contributed by atoms with Crippen LogP contribution in [-0.2, 0) is 9.59 Å². The van der Waals surface area contributed by atoms with Crippen LogP contribution in [0.4, 0.5) is 10.1 Å². The van der Waals surface area contributed by atoms with Gasteiger partial charge in [-0.2, -0.15) is 0 Å². The van der Waals surface area contributed by atoms with Crippen molar-refractivity contribution in [2.75, 3.05) is 18.4 Å². The smallest absolute Gasteiger partial charge is 0.282 e. The number of likely N-dealkylation sites (tertiary alicyclic amines) is 1. The highest BCUT2D eigenvalue weighted by molar-refractivity contribution is 5.93. The van der Waals surface area contributed by atoms with E-state index < -0.39 is 0 Å². The Kier molecular flexibility index (Phi) is 4.90. The molecule has 1 aliphatic rings. The van der Waals surface area contributed by atoms with Crippen molar-refractivity contribution in [3.63, 3.8) is 0 Å². The number of quaternary nitrogens is 1. The predicted octanol–water partition coefficient (Wildman–Crippen LogP) is -0.0671. The number of hydrogen-bond acceptors (Lipinski definition) is 2. The Bertz CT molecular complexity index is 518. The Labute approximate surface area is 123 Å². The molecule has 3 atom stereocenters. The summed E-state index contributed by atoms with van der Waals surface area (Å²) in [7, 11) is 0. The summed E-state index contributed by atoms with van der Waals surface area (Å²) in [6.45, 7) is 3.27. The Balaban J connectivity index is 1.95. The van der Waals surface area contributed by atoms with Gasteiger partial charge in [-0.25, -0.2) is 4.39 Å². The van der Waals surface area contributed by atoms with E-state index in [1.807, 2.05) is 6.92 Å². The number of primary amides is 1. The molecule has 21 heavy (non-hydrogen) atoms. The average Bonchev–Trinajstić information content (AvgIpc) is 2.49. The van der Waals surface area contributed by atoms with Crippen LogP contribution in [0.3, 0.4) is 0 Å². The number of amides is 2. The molecule has 1 aromatic rings. The van der Waals surface area contributed by atoms with Gasteiger partial charge in [0.2, 0.25) is 5.91 Å². The van der Waals surface area contributed by atoms with Crippen molar-refractivity contribution in [1.29, 1.82) is 0 Å². The van der Waals surface area contributed by atoms with Crippen molar-refractivity contribution in [2.24, 2.45) is 11.7 Å². The number of anilines is 1. The van der Waals surface area contributed by atoms with Gasteiger partial charge in [0.15, 0.2) is 6.04 Å². The van der Waals surface area contributed by atoms with E-state index >= 15 is 0 Å². The minimum absolute atomic E-state index is 0.137. The van der Waals surface area contributed by atoms with E-state index in [1.165, 1.54) is 24.3 Å². The first-order chi connectivity index (χ1) is 9.97. The van der Waals surface area contributed by atoms with Gasteiger partial charge in [0, 0.05) is 5.69 Å². The van der Waals surface area contributed by atoms with Gasteiger partial charge in [-0.3, -0.25) is 9.59 Å². The zero-order valence-electron chi connectivity index (χ0n) is 12.1. The molecule has 0 aromatic heterocycles. The van der Waals surface area contributed by atoms with Crippen LogP contribution in [0, 0.1) is 11.7 Å². The molecule has 0 saturated carbocycles. The Morgan fingerprint density at radius 2 is 2.05 bits per heavy atom. The quantitative estimate of drug-likeness (QED) is 0.727. The number of hydrogen-bond donors (Lipinski definition) is 3.